The lowest BCUT2D eigenvalue weighted by atomic mass is 10.0. The van der Waals surface area contributed by atoms with Crippen molar-refractivity contribution in [3.05, 3.63) is 0 Å². The topological polar surface area (TPSA) is 20.2 Å². The first-order valence-electron chi connectivity index (χ1n) is 6.89. The Morgan fingerprint density at radius 2 is 1.56 bits per heavy atom. The highest BCUT2D eigenvalue weighted by Crippen LogP contribution is 2.11. The lowest BCUT2D eigenvalue weighted by molar-refractivity contribution is 0.152. The molecule has 0 radical (unpaired) electrons. The minimum Gasteiger partial charge on any atom is -0.393 e. The summed E-state index contributed by atoms with van der Waals surface area (Å²) in [5.74, 6) is 5.85. The first kappa shape index (κ1) is 15.5. The Morgan fingerprint density at radius 1 is 0.938 bits per heavy atom. The van der Waals surface area contributed by atoms with Crippen molar-refractivity contribution in [3.63, 3.8) is 0 Å². The fourth-order valence-corrected chi connectivity index (χ4v) is 1.85. The number of aliphatic hydroxyl groups is 1. The second kappa shape index (κ2) is 12.6. The quantitative estimate of drug-likeness (QED) is 0.433. The summed E-state index contributed by atoms with van der Waals surface area (Å²) in [5.41, 5.74) is 0. The molecule has 0 aromatic rings. The average Bonchev–Trinajstić information content (AvgIpc) is 2.28. The van der Waals surface area contributed by atoms with E-state index in [0.29, 0.717) is 0 Å². The maximum Gasteiger partial charge on any atom is 0.0549 e. The Labute approximate surface area is 102 Å². The van der Waals surface area contributed by atoms with Crippen molar-refractivity contribution in [2.24, 2.45) is 0 Å². The van der Waals surface area contributed by atoms with Crippen LogP contribution >= 0.6 is 0 Å². The molecular weight excluding hydrogens is 196 g/mol. The molecule has 0 saturated carbocycles. The monoisotopic (exact) mass is 224 g/mol. The van der Waals surface area contributed by atoms with Crippen LogP contribution in [0.4, 0.5) is 0 Å². The summed E-state index contributed by atoms with van der Waals surface area (Å²) in [6, 6.07) is 0. The standard InChI is InChI=1S/C15H28O/c1-3-5-7-8-9-10-12-14-15(16)13-11-6-4-2/h15-16H,3,5,7-14H2,1-2H3. The van der Waals surface area contributed by atoms with Crippen molar-refractivity contribution in [2.45, 2.75) is 84.2 Å². The van der Waals surface area contributed by atoms with Gasteiger partial charge in [-0.2, -0.15) is 0 Å². The van der Waals surface area contributed by atoms with E-state index in [9.17, 15) is 5.11 Å². The predicted octanol–water partition coefficient (Wildman–Crippen LogP) is 4.29. The second-order valence-corrected chi connectivity index (χ2v) is 4.53. The van der Waals surface area contributed by atoms with Gasteiger partial charge in [0, 0.05) is 6.42 Å². The van der Waals surface area contributed by atoms with Gasteiger partial charge in [0.1, 0.15) is 0 Å². The van der Waals surface area contributed by atoms with Crippen molar-refractivity contribution >= 4 is 0 Å². The van der Waals surface area contributed by atoms with Gasteiger partial charge in [-0.05, 0) is 19.8 Å². The zero-order chi connectivity index (χ0) is 12.1. The first-order chi connectivity index (χ1) is 7.81. The van der Waals surface area contributed by atoms with Crippen molar-refractivity contribution in [1.82, 2.24) is 0 Å². The Morgan fingerprint density at radius 3 is 2.19 bits per heavy atom. The normalized spacial score (nSPS) is 11.9. The zero-order valence-electron chi connectivity index (χ0n) is 11.1. The van der Waals surface area contributed by atoms with Gasteiger partial charge in [0.2, 0.25) is 0 Å². The molecule has 0 heterocycles. The smallest absolute Gasteiger partial charge is 0.0549 e. The second-order valence-electron chi connectivity index (χ2n) is 4.53. The van der Waals surface area contributed by atoms with E-state index in [2.05, 4.69) is 18.8 Å². The molecule has 1 atom stereocenters. The van der Waals surface area contributed by atoms with Crippen LogP contribution in [-0.4, -0.2) is 11.2 Å². The van der Waals surface area contributed by atoms with Crippen LogP contribution in [0.15, 0.2) is 0 Å². The van der Waals surface area contributed by atoms with Gasteiger partial charge >= 0.3 is 0 Å². The maximum absolute atomic E-state index is 9.65. The van der Waals surface area contributed by atoms with E-state index >= 15 is 0 Å². The van der Waals surface area contributed by atoms with E-state index in [4.69, 9.17) is 0 Å². The third-order valence-electron chi connectivity index (χ3n) is 2.92. The van der Waals surface area contributed by atoms with E-state index < -0.39 is 0 Å². The molecule has 16 heavy (non-hydrogen) atoms. The van der Waals surface area contributed by atoms with Gasteiger partial charge in [-0.1, -0.05) is 51.9 Å². The SMILES string of the molecule is CC#CCCC(O)CCCCCCCCC. The summed E-state index contributed by atoms with van der Waals surface area (Å²) in [7, 11) is 0. The van der Waals surface area contributed by atoms with Crippen LogP contribution in [0.2, 0.25) is 0 Å². The molecule has 0 aromatic carbocycles. The Balaban J connectivity index is 3.13. The summed E-state index contributed by atoms with van der Waals surface area (Å²) in [6.07, 6.45) is 11.7. The highest BCUT2D eigenvalue weighted by Gasteiger charge is 2.02. The van der Waals surface area contributed by atoms with Gasteiger partial charge in [-0.15, -0.1) is 11.8 Å². The van der Waals surface area contributed by atoms with Crippen LogP contribution in [0.3, 0.4) is 0 Å². The third-order valence-corrected chi connectivity index (χ3v) is 2.92. The van der Waals surface area contributed by atoms with Gasteiger partial charge in [0.25, 0.3) is 0 Å². The first-order valence-corrected chi connectivity index (χ1v) is 6.89. The number of rotatable bonds is 10. The lowest BCUT2D eigenvalue weighted by Crippen LogP contribution is -2.05. The zero-order valence-corrected chi connectivity index (χ0v) is 11.1. The van der Waals surface area contributed by atoms with E-state index in [-0.39, 0.29) is 6.10 Å². The van der Waals surface area contributed by atoms with Crippen molar-refractivity contribution in [1.29, 1.82) is 0 Å². The highest BCUT2D eigenvalue weighted by atomic mass is 16.3. The van der Waals surface area contributed by atoms with E-state index in [1.165, 1.54) is 44.9 Å². The van der Waals surface area contributed by atoms with Gasteiger partial charge in [0.15, 0.2) is 0 Å². The molecule has 1 N–H and O–H groups in total. The molecule has 0 saturated heterocycles. The number of aliphatic hydroxyl groups excluding tert-OH is 1. The van der Waals surface area contributed by atoms with Gasteiger partial charge in [-0.3, -0.25) is 0 Å². The molecule has 94 valence electrons. The summed E-state index contributed by atoms with van der Waals surface area (Å²) >= 11 is 0. The molecule has 0 fully saturated rings. The number of hydrogen-bond donors (Lipinski definition) is 1. The Kier molecular flexibility index (Phi) is 12.2. The van der Waals surface area contributed by atoms with Crippen LogP contribution < -0.4 is 0 Å². The Hall–Kier alpha value is -0.480. The number of hydrogen-bond acceptors (Lipinski definition) is 1. The van der Waals surface area contributed by atoms with Crippen LogP contribution in [0.5, 0.6) is 0 Å². The van der Waals surface area contributed by atoms with E-state index in [1.807, 2.05) is 6.92 Å². The fraction of sp³-hybridized carbons (Fsp3) is 0.867. The van der Waals surface area contributed by atoms with E-state index in [0.717, 1.165) is 19.3 Å². The molecular formula is C15H28O. The summed E-state index contributed by atoms with van der Waals surface area (Å²) < 4.78 is 0. The van der Waals surface area contributed by atoms with Crippen molar-refractivity contribution < 1.29 is 5.11 Å². The highest BCUT2D eigenvalue weighted by molar-refractivity contribution is 4.94. The van der Waals surface area contributed by atoms with Gasteiger partial charge < -0.3 is 5.11 Å². The maximum atomic E-state index is 9.65. The largest absolute Gasteiger partial charge is 0.393 e. The molecule has 1 unspecified atom stereocenters. The lowest BCUT2D eigenvalue weighted by Gasteiger charge is -2.08. The minimum atomic E-state index is -0.128. The molecule has 0 spiro atoms. The van der Waals surface area contributed by atoms with E-state index in [1.54, 1.807) is 0 Å². The van der Waals surface area contributed by atoms with Crippen molar-refractivity contribution in [3.8, 4) is 11.8 Å². The molecule has 0 rings (SSSR count). The van der Waals surface area contributed by atoms with Gasteiger partial charge in [0.05, 0.1) is 6.10 Å². The average molecular weight is 224 g/mol. The van der Waals surface area contributed by atoms with Crippen LogP contribution in [0, 0.1) is 11.8 Å². The predicted molar refractivity (Wildman–Crippen MR) is 71.3 cm³/mol. The van der Waals surface area contributed by atoms with Crippen molar-refractivity contribution in [2.75, 3.05) is 0 Å². The van der Waals surface area contributed by atoms with Crippen LogP contribution in [-0.2, 0) is 0 Å². The molecule has 0 bridgehead atoms. The molecule has 1 nitrogen and oxygen atoms in total. The Bertz CT molecular complexity index is 187. The fourth-order valence-electron chi connectivity index (χ4n) is 1.85. The summed E-state index contributed by atoms with van der Waals surface area (Å²) in [5, 5.41) is 9.65. The third kappa shape index (κ3) is 11.6. The van der Waals surface area contributed by atoms with Gasteiger partial charge in [-0.25, -0.2) is 0 Å². The summed E-state index contributed by atoms with van der Waals surface area (Å²) in [4.78, 5) is 0. The molecule has 0 aliphatic carbocycles. The molecule has 0 aromatic heterocycles. The van der Waals surface area contributed by atoms with Crippen LogP contribution in [0.1, 0.15) is 78.1 Å². The molecule has 1 heteroatoms. The number of unbranched alkanes of at least 4 members (excludes halogenated alkanes) is 6. The molecule has 0 aliphatic heterocycles. The summed E-state index contributed by atoms with van der Waals surface area (Å²) in [6.45, 7) is 4.10. The molecule has 0 aliphatic rings. The molecule has 0 amide bonds. The van der Waals surface area contributed by atoms with Crippen LogP contribution in [0.25, 0.3) is 0 Å². The minimum absolute atomic E-state index is 0.128.